The van der Waals surface area contributed by atoms with Gasteiger partial charge in [0, 0.05) is 46.7 Å². The van der Waals surface area contributed by atoms with E-state index >= 15 is 0 Å². The summed E-state index contributed by atoms with van der Waals surface area (Å²) in [5, 5.41) is 2.55. The fraction of sp³-hybridized carbons (Fsp3) is 0.0714. The Morgan fingerprint density at radius 1 is 0.919 bits per heavy atom. The number of aromatic nitrogens is 4. The second kappa shape index (κ2) is 8.41. The first-order valence-electron chi connectivity index (χ1n) is 11.3. The summed E-state index contributed by atoms with van der Waals surface area (Å²) in [5.74, 6) is 0.305. The van der Waals surface area contributed by atoms with Crippen molar-refractivity contribution in [2.75, 3.05) is 0 Å². The smallest absolute Gasteiger partial charge is 0.416 e. The Morgan fingerprint density at radius 2 is 1.73 bits per heavy atom. The van der Waals surface area contributed by atoms with Crippen LogP contribution in [0.4, 0.5) is 13.2 Å². The zero-order chi connectivity index (χ0) is 25.7. The molecule has 4 aromatic heterocycles. The van der Waals surface area contributed by atoms with Crippen LogP contribution in [0.3, 0.4) is 0 Å². The highest BCUT2D eigenvalue weighted by atomic mass is 19.4. The molecular formula is C28H17F3N4O2. The Hall–Kier alpha value is -4.79. The fourth-order valence-corrected chi connectivity index (χ4v) is 4.34. The monoisotopic (exact) mass is 498 g/mol. The van der Waals surface area contributed by atoms with Crippen LogP contribution in [-0.4, -0.2) is 19.5 Å². The van der Waals surface area contributed by atoms with Gasteiger partial charge in [0.15, 0.2) is 0 Å². The highest BCUT2D eigenvalue weighted by Crippen LogP contribution is 2.35. The lowest BCUT2D eigenvalue weighted by atomic mass is 10.0. The zero-order valence-corrected chi connectivity index (χ0v) is 19.3. The average molecular weight is 498 g/mol. The van der Waals surface area contributed by atoms with E-state index in [1.807, 2.05) is 25.1 Å². The van der Waals surface area contributed by atoms with Gasteiger partial charge in [0.25, 0.3) is 5.56 Å². The van der Waals surface area contributed by atoms with E-state index < -0.39 is 17.3 Å². The predicted molar refractivity (Wildman–Crippen MR) is 133 cm³/mol. The van der Waals surface area contributed by atoms with E-state index in [1.54, 1.807) is 36.8 Å². The van der Waals surface area contributed by atoms with Crippen LogP contribution in [0.1, 0.15) is 11.1 Å². The summed E-state index contributed by atoms with van der Waals surface area (Å²) in [4.78, 5) is 26.3. The molecule has 0 amide bonds. The maximum atomic E-state index is 13.3. The lowest BCUT2D eigenvalue weighted by Gasteiger charge is -2.08. The Bertz CT molecular complexity index is 1850. The Labute approximate surface area is 207 Å². The number of alkyl halides is 3. The van der Waals surface area contributed by atoms with E-state index in [0.29, 0.717) is 16.5 Å². The number of fused-ring (bicyclic) bond motifs is 2. The summed E-state index contributed by atoms with van der Waals surface area (Å²) >= 11 is 0. The lowest BCUT2D eigenvalue weighted by Crippen LogP contribution is -2.18. The van der Waals surface area contributed by atoms with Gasteiger partial charge in [-0.25, -0.2) is 4.98 Å². The van der Waals surface area contributed by atoms with Crippen LogP contribution < -0.4 is 5.56 Å². The van der Waals surface area contributed by atoms with Crippen molar-refractivity contribution < 1.29 is 17.6 Å². The molecule has 0 bridgehead atoms. The van der Waals surface area contributed by atoms with Gasteiger partial charge in [0.1, 0.15) is 11.2 Å². The van der Waals surface area contributed by atoms with Gasteiger partial charge < -0.3 is 4.42 Å². The normalized spacial score (nSPS) is 11.9. The van der Waals surface area contributed by atoms with Crippen molar-refractivity contribution in [2.24, 2.45) is 0 Å². The summed E-state index contributed by atoms with van der Waals surface area (Å²) in [6.45, 7) is 1.94. The topological polar surface area (TPSA) is 73.8 Å². The van der Waals surface area contributed by atoms with Crippen LogP contribution in [0.2, 0.25) is 0 Å². The highest BCUT2D eigenvalue weighted by Gasteiger charge is 2.30. The van der Waals surface area contributed by atoms with E-state index in [0.717, 1.165) is 28.5 Å². The third-order valence-corrected chi connectivity index (χ3v) is 6.19. The highest BCUT2D eigenvalue weighted by molar-refractivity contribution is 5.89. The molecule has 182 valence electrons. The van der Waals surface area contributed by atoms with Gasteiger partial charge in [-0.3, -0.25) is 19.3 Å². The number of rotatable bonds is 3. The van der Waals surface area contributed by atoms with Crippen LogP contribution in [0.25, 0.3) is 50.3 Å². The van der Waals surface area contributed by atoms with Crippen molar-refractivity contribution in [3.05, 3.63) is 107 Å². The molecule has 0 fully saturated rings. The molecule has 0 saturated heterocycles. The van der Waals surface area contributed by atoms with E-state index in [-0.39, 0.29) is 23.0 Å². The molecule has 0 aliphatic heterocycles. The Kier molecular flexibility index (Phi) is 5.15. The number of oxazole rings is 1. The number of halogens is 3. The third kappa shape index (κ3) is 3.94. The molecule has 0 N–H and O–H groups in total. The summed E-state index contributed by atoms with van der Waals surface area (Å²) in [7, 11) is 0. The number of aryl methyl sites for hydroxylation is 1. The summed E-state index contributed by atoms with van der Waals surface area (Å²) in [6, 6.07) is 15.4. The molecule has 6 aromatic rings. The minimum atomic E-state index is -4.48. The molecule has 4 heterocycles. The first-order valence-corrected chi connectivity index (χ1v) is 11.3. The molecular weight excluding hydrogens is 481 g/mol. The van der Waals surface area contributed by atoms with Crippen molar-refractivity contribution in [3.63, 3.8) is 0 Å². The summed E-state index contributed by atoms with van der Waals surface area (Å²) in [5.41, 5.74) is 1.21. The second-order valence-electron chi connectivity index (χ2n) is 8.57. The van der Waals surface area contributed by atoms with Crippen molar-refractivity contribution >= 4 is 21.7 Å². The number of benzene rings is 2. The van der Waals surface area contributed by atoms with Crippen molar-refractivity contribution in [1.29, 1.82) is 0 Å². The molecule has 0 spiro atoms. The zero-order valence-electron chi connectivity index (χ0n) is 19.3. The minimum absolute atomic E-state index is 0.0831. The summed E-state index contributed by atoms with van der Waals surface area (Å²) < 4.78 is 46.9. The van der Waals surface area contributed by atoms with Crippen LogP contribution in [0, 0.1) is 6.92 Å². The van der Waals surface area contributed by atoms with E-state index in [4.69, 9.17) is 4.42 Å². The molecule has 0 radical (unpaired) electrons. The SMILES string of the molecule is Cc1cc(-c2nc(-c3ccc(C(F)(F)F)cc3)c(-n3ccc4cccnc4c3=O)o2)cc2ccncc12. The first kappa shape index (κ1) is 22.7. The molecule has 37 heavy (non-hydrogen) atoms. The second-order valence-corrected chi connectivity index (χ2v) is 8.57. The molecule has 6 rings (SSSR count). The Balaban J connectivity index is 1.58. The first-order chi connectivity index (χ1) is 17.8. The number of hydrogen-bond donors (Lipinski definition) is 0. The molecule has 6 nitrogen and oxygen atoms in total. The van der Waals surface area contributed by atoms with E-state index in [9.17, 15) is 18.0 Å². The molecule has 0 aliphatic carbocycles. The van der Waals surface area contributed by atoms with Crippen LogP contribution in [0.15, 0.2) is 94.7 Å². The quantitative estimate of drug-likeness (QED) is 0.275. The standard InChI is InChI=1S/C28H17F3N4O2/c1-16-13-20(14-19-8-11-32-15-22(16)19)25-34-24(18-4-6-21(7-5-18)28(29,30)31)27(37-25)35-12-9-17-3-2-10-33-23(17)26(35)36/h2-15H,1H3. The molecule has 0 saturated carbocycles. The van der Waals surface area contributed by atoms with Gasteiger partial charge in [0.05, 0.1) is 5.56 Å². The van der Waals surface area contributed by atoms with Crippen LogP contribution >= 0.6 is 0 Å². The molecule has 0 atom stereocenters. The number of hydrogen-bond acceptors (Lipinski definition) is 5. The van der Waals surface area contributed by atoms with Crippen molar-refractivity contribution in [3.8, 4) is 28.6 Å². The number of nitrogens with zero attached hydrogens (tertiary/aromatic N) is 4. The lowest BCUT2D eigenvalue weighted by molar-refractivity contribution is -0.137. The average Bonchev–Trinajstić information content (AvgIpc) is 3.34. The van der Waals surface area contributed by atoms with Crippen molar-refractivity contribution in [2.45, 2.75) is 13.1 Å². The molecule has 9 heteroatoms. The largest absolute Gasteiger partial charge is 0.419 e. The van der Waals surface area contributed by atoms with E-state index in [2.05, 4.69) is 15.0 Å². The van der Waals surface area contributed by atoms with Gasteiger partial charge in [-0.05, 0) is 60.3 Å². The third-order valence-electron chi connectivity index (χ3n) is 6.19. The molecule has 0 aliphatic rings. The maximum absolute atomic E-state index is 13.3. The molecule has 2 aromatic carbocycles. The van der Waals surface area contributed by atoms with Gasteiger partial charge >= 0.3 is 6.18 Å². The van der Waals surface area contributed by atoms with Gasteiger partial charge in [-0.1, -0.05) is 18.2 Å². The Morgan fingerprint density at radius 3 is 2.51 bits per heavy atom. The van der Waals surface area contributed by atoms with Crippen LogP contribution in [0.5, 0.6) is 0 Å². The van der Waals surface area contributed by atoms with Gasteiger partial charge in [-0.2, -0.15) is 13.2 Å². The fourth-order valence-electron chi connectivity index (χ4n) is 4.34. The minimum Gasteiger partial charge on any atom is -0.419 e. The predicted octanol–water partition coefficient (Wildman–Crippen LogP) is 6.58. The van der Waals surface area contributed by atoms with Crippen LogP contribution in [-0.2, 0) is 6.18 Å². The van der Waals surface area contributed by atoms with E-state index in [1.165, 1.54) is 22.9 Å². The maximum Gasteiger partial charge on any atom is 0.416 e. The van der Waals surface area contributed by atoms with Gasteiger partial charge in [0.2, 0.25) is 11.8 Å². The molecule has 0 unspecified atom stereocenters. The van der Waals surface area contributed by atoms with Crippen molar-refractivity contribution in [1.82, 2.24) is 19.5 Å². The summed E-state index contributed by atoms with van der Waals surface area (Å²) in [6.07, 6.45) is 2.03. The van der Waals surface area contributed by atoms with Gasteiger partial charge in [-0.15, -0.1) is 0 Å². The number of pyridine rings is 3.